The van der Waals surface area contributed by atoms with E-state index < -0.39 is 11.6 Å². The van der Waals surface area contributed by atoms with Crippen LogP contribution in [0.5, 0.6) is 11.5 Å². The molecule has 0 aliphatic carbocycles. The molecule has 0 saturated heterocycles. The Bertz CT molecular complexity index is 1250. The molecular formula is C28H20N2O4. The van der Waals surface area contributed by atoms with Crippen LogP contribution < -0.4 is 9.47 Å². The predicted molar refractivity (Wildman–Crippen MR) is 128 cm³/mol. The molecule has 0 N–H and O–H groups in total. The van der Waals surface area contributed by atoms with E-state index in [-0.39, 0.29) is 11.1 Å². The molecule has 0 unspecified atom stereocenters. The molecule has 0 bridgehead atoms. The van der Waals surface area contributed by atoms with E-state index >= 15 is 0 Å². The Labute approximate surface area is 197 Å². The van der Waals surface area contributed by atoms with Crippen molar-refractivity contribution in [2.75, 3.05) is 14.2 Å². The van der Waals surface area contributed by atoms with E-state index in [9.17, 15) is 20.1 Å². The van der Waals surface area contributed by atoms with Crippen molar-refractivity contribution >= 4 is 23.7 Å². The van der Waals surface area contributed by atoms with E-state index in [1.165, 1.54) is 26.4 Å². The molecule has 34 heavy (non-hydrogen) atoms. The van der Waals surface area contributed by atoms with Crippen molar-refractivity contribution in [2.24, 2.45) is 0 Å². The van der Waals surface area contributed by atoms with Crippen molar-refractivity contribution in [3.8, 4) is 23.6 Å². The van der Waals surface area contributed by atoms with Crippen LogP contribution >= 0.6 is 0 Å². The zero-order chi connectivity index (χ0) is 24.5. The first-order valence-corrected chi connectivity index (χ1v) is 10.2. The van der Waals surface area contributed by atoms with Crippen LogP contribution in [-0.2, 0) is 0 Å². The van der Waals surface area contributed by atoms with Gasteiger partial charge < -0.3 is 9.47 Å². The molecule has 166 valence electrons. The molecule has 0 heterocycles. The average molecular weight is 448 g/mol. The molecular weight excluding hydrogens is 428 g/mol. The number of rotatable bonds is 8. The van der Waals surface area contributed by atoms with E-state index in [0.29, 0.717) is 33.8 Å². The molecule has 0 aliphatic heterocycles. The van der Waals surface area contributed by atoms with Gasteiger partial charge in [0.1, 0.15) is 34.8 Å². The molecule has 3 rings (SSSR count). The Morgan fingerprint density at radius 2 is 1.06 bits per heavy atom. The number of carbonyl (C=O) groups excluding carboxylic acids is 2. The number of carbonyl (C=O) groups is 2. The van der Waals surface area contributed by atoms with E-state index in [2.05, 4.69) is 0 Å². The van der Waals surface area contributed by atoms with Gasteiger partial charge in [-0.15, -0.1) is 0 Å². The second-order valence-corrected chi connectivity index (χ2v) is 7.13. The van der Waals surface area contributed by atoms with E-state index in [1.807, 2.05) is 12.1 Å². The maximum Gasteiger partial charge on any atom is 0.203 e. The van der Waals surface area contributed by atoms with Gasteiger partial charge in [-0.05, 0) is 77.9 Å². The molecule has 0 aliphatic rings. The van der Waals surface area contributed by atoms with Crippen molar-refractivity contribution in [2.45, 2.75) is 0 Å². The van der Waals surface area contributed by atoms with Crippen molar-refractivity contribution in [3.05, 3.63) is 106 Å². The van der Waals surface area contributed by atoms with Crippen LogP contribution in [0.15, 0.2) is 83.9 Å². The lowest BCUT2D eigenvalue weighted by Gasteiger charge is -2.04. The maximum atomic E-state index is 12.7. The molecule has 0 fully saturated rings. The summed E-state index contributed by atoms with van der Waals surface area (Å²) in [5.74, 6) is 0.379. The number of Topliss-reactive ketones (excluding diaryl/α,β-unsaturated/α-hetero) is 2. The number of ketones is 2. The fourth-order valence-corrected chi connectivity index (χ4v) is 3.16. The van der Waals surface area contributed by atoms with Gasteiger partial charge in [0.2, 0.25) is 11.6 Å². The molecule has 6 nitrogen and oxygen atoms in total. The highest BCUT2D eigenvalue weighted by Gasteiger charge is 2.14. The van der Waals surface area contributed by atoms with Crippen LogP contribution in [0.4, 0.5) is 0 Å². The Morgan fingerprint density at radius 3 is 1.38 bits per heavy atom. The third-order valence-corrected chi connectivity index (χ3v) is 4.97. The SMILES string of the molecule is COc1ccc(C(=O)/C(C#N)=C/c2cccc(/C=C(\C#N)C(=O)c3ccc(OC)cc3)c2)cc1. The van der Waals surface area contributed by atoms with Gasteiger partial charge in [-0.1, -0.05) is 18.2 Å². The second-order valence-electron chi connectivity index (χ2n) is 7.13. The molecule has 0 saturated carbocycles. The minimum Gasteiger partial charge on any atom is -0.497 e. The third-order valence-electron chi connectivity index (χ3n) is 4.97. The molecule has 0 spiro atoms. The summed E-state index contributed by atoms with van der Waals surface area (Å²) in [6, 6.07) is 23.7. The zero-order valence-corrected chi connectivity index (χ0v) is 18.6. The van der Waals surface area contributed by atoms with Gasteiger partial charge in [-0.2, -0.15) is 10.5 Å². The number of hydrogen-bond donors (Lipinski definition) is 0. The monoisotopic (exact) mass is 448 g/mol. The molecule has 0 aromatic heterocycles. The maximum absolute atomic E-state index is 12.7. The number of allylic oxidation sites excluding steroid dienone is 2. The van der Waals surface area contributed by atoms with Gasteiger partial charge >= 0.3 is 0 Å². The van der Waals surface area contributed by atoms with Crippen LogP contribution in [0.25, 0.3) is 12.2 Å². The highest BCUT2D eigenvalue weighted by atomic mass is 16.5. The summed E-state index contributed by atoms with van der Waals surface area (Å²) in [7, 11) is 3.06. The topological polar surface area (TPSA) is 100 Å². The van der Waals surface area contributed by atoms with Crippen molar-refractivity contribution in [1.82, 2.24) is 0 Å². The Hall–Kier alpha value is -4.94. The molecule has 3 aromatic rings. The van der Waals surface area contributed by atoms with Gasteiger partial charge in [0.25, 0.3) is 0 Å². The number of nitriles is 2. The number of nitrogens with zero attached hydrogens (tertiary/aromatic N) is 2. The number of benzene rings is 3. The predicted octanol–water partition coefficient (Wildman–Crippen LogP) is 5.28. The number of ether oxygens (including phenoxy) is 2. The van der Waals surface area contributed by atoms with E-state index in [1.54, 1.807) is 72.8 Å². The summed E-state index contributed by atoms with van der Waals surface area (Å²) < 4.78 is 10.2. The zero-order valence-electron chi connectivity index (χ0n) is 18.6. The first-order valence-electron chi connectivity index (χ1n) is 10.2. The van der Waals surface area contributed by atoms with Crippen LogP contribution in [0.1, 0.15) is 31.8 Å². The smallest absolute Gasteiger partial charge is 0.203 e. The summed E-state index contributed by atoms with van der Waals surface area (Å²) >= 11 is 0. The highest BCUT2D eigenvalue weighted by Crippen LogP contribution is 2.19. The normalized spacial score (nSPS) is 11.2. The van der Waals surface area contributed by atoms with E-state index in [4.69, 9.17) is 9.47 Å². The van der Waals surface area contributed by atoms with Crippen LogP contribution in [0, 0.1) is 22.7 Å². The van der Waals surface area contributed by atoms with E-state index in [0.717, 1.165) is 0 Å². The first-order chi connectivity index (χ1) is 16.5. The third kappa shape index (κ3) is 5.64. The Morgan fingerprint density at radius 1 is 0.676 bits per heavy atom. The standard InChI is InChI=1S/C28H20N2O4/c1-33-25-10-6-21(7-11-25)27(31)23(17-29)15-19-4-3-5-20(14-19)16-24(18-30)28(32)22-8-12-26(34-2)13-9-22/h3-16H,1-2H3/b23-15+,24-16+. The van der Waals surface area contributed by atoms with Crippen LogP contribution in [-0.4, -0.2) is 25.8 Å². The fraction of sp³-hybridized carbons (Fsp3) is 0.0714. The second kappa shape index (κ2) is 11.1. The van der Waals surface area contributed by atoms with Crippen molar-refractivity contribution < 1.29 is 19.1 Å². The Balaban J connectivity index is 1.88. The van der Waals surface area contributed by atoms with Crippen LogP contribution in [0.3, 0.4) is 0 Å². The van der Waals surface area contributed by atoms with Gasteiger partial charge in [-0.25, -0.2) is 0 Å². The lowest BCUT2D eigenvalue weighted by atomic mass is 9.99. The first kappa shape index (κ1) is 23.7. The van der Waals surface area contributed by atoms with Crippen LogP contribution in [0.2, 0.25) is 0 Å². The average Bonchev–Trinajstić information content (AvgIpc) is 2.90. The minimum absolute atomic E-state index is 0.0406. The van der Waals surface area contributed by atoms with Crippen molar-refractivity contribution in [1.29, 1.82) is 10.5 Å². The molecule has 0 atom stereocenters. The van der Waals surface area contributed by atoms with Gasteiger partial charge in [0.15, 0.2) is 0 Å². The van der Waals surface area contributed by atoms with Gasteiger partial charge in [-0.3, -0.25) is 9.59 Å². The quantitative estimate of drug-likeness (QED) is 0.264. The summed E-state index contributed by atoms with van der Waals surface area (Å²) in [6.45, 7) is 0. The fourth-order valence-electron chi connectivity index (χ4n) is 3.16. The summed E-state index contributed by atoms with van der Waals surface area (Å²) in [6.07, 6.45) is 2.95. The molecule has 0 amide bonds. The largest absolute Gasteiger partial charge is 0.497 e. The van der Waals surface area contributed by atoms with Gasteiger partial charge in [0.05, 0.1) is 14.2 Å². The summed E-state index contributed by atoms with van der Waals surface area (Å²) in [5, 5.41) is 19.1. The van der Waals surface area contributed by atoms with Crippen molar-refractivity contribution in [3.63, 3.8) is 0 Å². The summed E-state index contributed by atoms with van der Waals surface area (Å²) in [4.78, 5) is 25.5. The van der Waals surface area contributed by atoms with Gasteiger partial charge in [0, 0.05) is 11.1 Å². The lowest BCUT2D eigenvalue weighted by molar-refractivity contribution is 0.103. The molecule has 6 heteroatoms. The summed E-state index contributed by atoms with van der Waals surface area (Å²) in [5.41, 5.74) is 1.81. The molecule has 3 aromatic carbocycles. The number of methoxy groups -OCH3 is 2. The Kier molecular flexibility index (Phi) is 7.73. The lowest BCUT2D eigenvalue weighted by Crippen LogP contribution is -2.02. The molecule has 0 radical (unpaired) electrons. The highest BCUT2D eigenvalue weighted by molar-refractivity contribution is 6.15. The minimum atomic E-state index is -0.418. The number of hydrogen-bond acceptors (Lipinski definition) is 6.